The molecule has 0 bridgehead atoms. The molecule has 10 N–H and O–H groups in total. The number of rotatable bonds is 11. The molecule has 0 saturated carbocycles. The van der Waals surface area contributed by atoms with E-state index in [2.05, 4.69) is 31.9 Å². The molecule has 1 aromatic rings. The third-order valence-corrected chi connectivity index (χ3v) is 6.95. The number of carbonyl (C=O) groups is 2. The van der Waals surface area contributed by atoms with E-state index < -0.39 is 24.5 Å². The molecule has 4 rings (SSSR count). The number of esters is 1. The zero-order chi connectivity index (χ0) is 27.1. The number of aliphatic hydroxyl groups excluding tert-OH is 2. The van der Waals surface area contributed by atoms with Gasteiger partial charge in [-0.15, -0.1) is 0 Å². The van der Waals surface area contributed by atoms with E-state index in [1.54, 1.807) is 24.3 Å². The second-order valence-corrected chi connectivity index (χ2v) is 9.66. The molecular formula is C24H40N8O6. The summed E-state index contributed by atoms with van der Waals surface area (Å²) in [4.78, 5) is 26.1. The Labute approximate surface area is 222 Å². The number of nitrogens with one attached hydrogen (secondary N) is 6. The molecule has 0 aromatic heterocycles. The van der Waals surface area contributed by atoms with Crippen LogP contribution in [0.3, 0.4) is 0 Å². The summed E-state index contributed by atoms with van der Waals surface area (Å²) in [5.41, 5.74) is 7.08. The topological polar surface area (TPSA) is 194 Å². The van der Waals surface area contributed by atoms with Crippen molar-refractivity contribution in [1.82, 2.24) is 31.5 Å². The van der Waals surface area contributed by atoms with E-state index in [9.17, 15) is 19.8 Å². The molecule has 3 unspecified atom stereocenters. The Kier molecular flexibility index (Phi) is 10.2. The van der Waals surface area contributed by atoms with Gasteiger partial charge in [-0.2, -0.15) is 0 Å². The van der Waals surface area contributed by atoms with E-state index in [4.69, 9.17) is 15.2 Å². The molecular weight excluding hydrogens is 496 g/mol. The average molecular weight is 537 g/mol. The fourth-order valence-corrected chi connectivity index (χ4v) is 4.79. The highest BCUT2D eigenvalue weighted by Gasteiger charge is 2.51. The lowest BCUT2D eigenvalue weighted by Gasteiger charge is -2.38. The largest absolute Gasteiger partial charge is 0.462 e. The van der Waals surface area contributed by atoms with Crippen molar-refractivity contribution in [1.29, 1.82) is 0 Å². The van der Waals surface area contributed by atoms with E-state index >= 15 is 0 Å². The summed E-state index contributed by atoms with van der Waals surface area (Å²) in [5, 5.41) is 39.5. The molecule has 7 atom stereocenters. The SMILES string of the molecule is CCCCOC(=O)c1ccc(NC(=O)NCCNC[C@H]2O[C@@H](N3CNC4C(N)NCNC43)[C@H](O)[C@@H]2O)cc1. The first-order valence-corrected chi connectivity index (χ1v) is 13.1. The van der Waals surface area contributed by atoms with Crippen LogP contribution < -0.4 is 37.6 Å². The number of ether oxygens (including phenoxy) is 2. The van der Waals surface area contributed by atoms with Gasteiger partial charge in [0.25, 0.3) is 0 Å². The van der Waals surface area contributed by atoms with Crippen LogP contribution in [-0.4, -0.2) is 110 Å². The third kappa shape index (κ3) is 6.97. The Morgan fingerprint density at radius 2 is 1.95 bits per heavy atom. The Morgan fingerprint density at radius 1 is 1.16 bits per heavy atom. The van der Waals surface area contributed by atoms with Crippen molar-refractivity contribution in [2.45, 2.75) is 62.7 Å². The number of hydrogen-bond acceptors (Lipinski definition) is 12. The molecule has 2 amide bonds. The molecule has 0 aliphatic carbocycles. The summed E-state index contributed by atoms with van der Waals surface area (Å²) in [5.74, 6) is -0.385. The van der Waals surface area contributed by atoms with Gasteiger partial charge in [0.1, 0.15) is 24.5 Å². The van der Waals surface area contributed by atoms with Crippen LogP contribution in [0.15, 0.2) is 24.3 Å². The number of carbonyl (C=O) groups excluding carboxylic acids is 2. The molecule has 38 heavy (non-hydrogen) atoms. The molecule has 3 aliphatic heterocycles. The van der Waals surface area contributed by atoms with Crippen molar-refractivity contribution in [3.8, 4) is 0 Å². The fourth-order valence-electron chi connectivity index (χ4n) is 4.79. The Bertz CT molecular complexity index is 924. The van der Waals surface area contributed by atoms with Gasteiger partial charge >= 0.3 is 12.0 Å². The minimum Gasteiger partial charge on any atom is -0.462 e. The second-order valence-electron chi connectivity index (χ2n) is 9.66. The molecule has 0 spiro atoms. The summed E-state index contributed by atoms with van der Waals surface area (Å²) >= 11 is 0. The zero-order valence-electron chi connectivity index (χ0n) is 21.6. The van der Waals surface area contributed by atoms with Gasteiger partial charge in [-0.1, -0.05) is 13.3 Å². The van der Waals surface area contributed by atoms with Crippen molar-refractivity contribution < 1.29 is 29.3 Å². The van der Waals surface area contributed by atoms with E-state index in [0.717, 1.165) is 12.8 Å². The molecule has 212 valence electrons. The van der Waals surface area contributed by atoms with E-state index in [1.807, 2.05) is 11.8 Å². The van der Waals surface area contributed by atoms with Crippen LogP contribution in [0.2, 0.25) is 0 Å². The van der Waals surface area contributed by atoms with Gasteiger partial charge in [-0.05, 0) is 30.7 Å². The number of aliphatic hydroxyl groups is 2. The highest BCUT2D eigenvalue weighted by Crippen LogP contribution is 2.28. The van der Waals surface area contributed by atoms with Gasteiger partial charge in [0, 0.05) is 32.0 Å². The monoisotopic (exact) mass is 536 g/mol. The molecule has 3 heterocycles. The molecule has 14 heteroatoms. The van der Waals surface area contributed by atoms with E-state index in [0.29, 0.717) is 50.8 Å². The smallest absolute Gasteiger partial charge is 0.338 e. The van der Waals surface area contributed by atoms with Gasteiger partial charge in [0.05, 0.1) is 37.2 Å². The molecule has 1 aromatic carbocycles. The summed E-state index contributed by atoms with van der Waals surface area (Å²) in [7, 11) is 0. The number of unbranched alkanes of at least 4 members (excludes halogenated alkanes) is 1. The van der Waals surface area contributed by atoms with Crippen LogP contribution in [0.1, 0.15) is 30.1 Å². The zero-order valence-corrected chi connectivity index (χ0v) is 21.6. The number of amides is 2. The molecule has 3 fully saturated rings. The lowest BCUT2D eigenvalue weighted by atomic mass is 10.1. The lowest BCUT2D eigenvalue weighted by Crippen LogP contribution is -2.68. The number of nitrogens with two attached hydrogens (primary N) is 1. The second kappa shape index (κ2) is 13.6. The highest BCUT2D eigenvalue weighted by atomic mass is 16.6. The standard InChI is InChI=1S/C24H40N8O6/c1-2-3-10-37-23(35)14-4-6-15(7-5-14)31-24(36)27-9-8-26-11-16-18(33)19(34)22(38-16)32-13-30-17-20(25)28-12-29-21(17)32/h4-7,16-22,26,28-30,33-34H,2-3,8-13,25H2,1H3,(H2,27,31,36)/t16-,17?,18-,19-,20?,21?,22-/m1/s1. The summed E-state index contributed by atoms with van der Waals surface area (Å²) < 4.78 is 11.2. The van der Waals surface area contributed by atoms with Gasteiger partial charge < -0.3 is 41.4 Å². The normalized spacial score (nSPS) is 31.1. The van der Waals surface area contributed by atoms with Crippen LogP contribution in [0.5, 0.6) is 0 Å². The van der Waals surface area contributed by atoms with Crippen LogP contribution in [0, 0.1) is 0 Å². The Hall–Kier alpha value is -2.40. The van der Waals surface area contributed by atoms with E-state index in [-0.39, 0.29) is 30.4 Å². The molecule has 0 radical (unpaired) electrons. The predicted molar refractivity (Wildman–Crippen MR) is 139 cm³/mol. The van der Waals surface area contributed by atoms with Crippen LogP contribution >= 0.6 is 0 Å². The van der Waals surface area contributed by atoms with Crippen LogP contribution in [-0.2, 0) is 9.47 Å². The first kappa shape index (κ1) is 28.6. The van der Waals surface area contributed by atoms with Crippen molar-refractivity contribution in [2.24, 2.45) is 5.73 Å². The van der Waals surface area contributed by atoms with Crippen molar-refractivity contribution >= 4 is 17.7 Å². The van der Waals surface area contributed by atoms with Crippen molar-refractivity contribution in [2.75, 3.05) is 44.9 Å². The Morgan fingerprint density at radius 3 is 2.71 bits per heavy atom. The fraction of sp³-hybridized carbons (Fsp3) is 0.667. The van der Waals surface area contributed by atoms with Crippen molar-refractivity contribution in [3.63, 3.8) is 0 Å². The number of nitrogens with zero attached hydrogens (tertiary/aromatic N) is 1. The minimum atomic E-state index is -1.07. The van der Waals surface area contributed by atoms with E-state index in [1.165, 1.54) is 0 Å². The third-order valence-electron chi connectivity index (χ3n) is 6.95. The first-order chi connectivity index (χ1) is 18.4. The highest BCUT2D eigenvalue weighted by molar-refractivity contribution is 5.92. The van der Waals surface area contributed by atoms with Gasteiger partial charge in [0.2, 0.25) is 0 Å². The maximum atomic E-state index is 12.2. The number of hydrogen-bond donors (Lipinski definition) is 9. The van der Waals surface area contributed by atoms with Gasteiger partial charge in [0.15, 0.2) is 0 Å². The number of urea groups is 1. The maximum Gasteiger partial charge on any atom is 0.338 e. The van der Waals surface area contributed by atoms with Crippen LogP contribution in [0.4, 0.5) is 10.5 Å². The lowest BCUT2D eigenvalue weighted by molar-refractivity contribution is -0.102. The van der Waals surface area contributed by atoms with Crippen LogP contribution in [0.25, 0.3) is 0 Å². The minimum absolute atomic E-state index is 0.0453. The Balaban J connectivity index is 1.13. The van der Waals surface area contributed by atoms with Crippen molar-refractivity contribution in [3.05, 3.63) is 29.8 Å². The van der Waals surface area contributed by atoms with Gasteiger partial charge in [-0.3, -0.25) is 16.0 Å². The summed E-state index contributed by atoms with van der Waals surface area (Å²) in [6.45, 7) is 4.49. The maximum absolute atomic E-state index is 12.2. The number of fused-ring (bicyclic) bond motifs is 1. The summed E-state index contributed by atoms with van der Waals surface area (Å²) in [6.07, 6.45) is -1.98. The number of anilines is 1. The molecule has 3 saturated heterocycles. The number of benzene rings is 1. The van der Waals surface area contributed by atoms with Gasteiger partial charge in [-0.25, -0.2) is 14.5 Å². The summed E-state index contributed by atoms with van der Waals surface area (Å²) in [6, 6.07) is 6.06. The quantitative estimate of drug-likeness (QED) is 0.110. The first-order valence-electron chi connectivity index (χ1n) is 13.1. The predicted octanol–water partition coefficient (Wildman–Crippen LogP) is -2.21. The average Bonchev–Trinajstić information content (AvgIpc) is 3.46. The molecule has 14 nitrogen and oxygen atoms in total. The molecule has 3 aliphatic rings.